The minimum atomic E-state index is -3.01. The molecule has 1 atom stereocenters. The number of morpholine rings is 1. The molecular weight excluding hydrogens is 388 g/mol. The van der Waals surface area contributed by atoms with E-state index in [4.69, 9.17) is 4.74 Å². The van der Waals surface area contributed by atoms with E-state index in [0.29, 0.717) is 18.5 Å². The number of rotatable bonds is 9. The van der Waals surface area contributed by atoms with Crippen molar-refractivity contribution in [2.45, 2.75) is 38.6 Å². The number of guanidine groups is 1. The third-order valence-electron chi connectivity index (χ3n) is 4.95. The van der Waals surface area contributed by atoms with Crippen LogP contribution in [0, 0.1) is 5.92 Å². The molecule has 29 heavy (non-hydrogen) atoms. The third kappa shape index (κ3) is 9.14. The van der Waals surface area contributed by atoms with Gasteiger partial charge in [-0.25, -0.2) is 8.42 Å². The van der Waals surface area contributed by atoms with Gasteiger partial charge in [-0.05, 0) is 23.5 Å². The summed E-state index contributed by atoms with van der Waals surface area (Å²) in [5, 5.41) is 6.80. The topological polar surface area (TPSA) is 83.0 Å². The van der Waals surface area contributed by atoms with Crippen molar-refractivity contribution in [1.82, 2.24) is 15.5 Å². The van der Waals surface area contributed by atoms with Crippen LogP contribution in [0.5, 0.6) is 0 Å². The van der Waals surface area contributed by atoms with E-state index in [1.54, 1.807) is 7.05 Å². The molecule has 1 heterocycles. The predicted molar refractivity (Wildman–Crippen MR) is 119 cm³/mol. The fourth-order valence-electron chi connectivity index (χ4n) is 3.53. The Morgan fingerprint density at radius 2 is 1.76 bits per heavy atom. The zero-order valence-corrected chi connectivity index (χ0v) is 19.0. The summed E-state index contributed by atoms with van der Waals surface area (Å²) in [7, 11) is -1.24. The fraction of sp³-hybridized carbons (Fsp3) is 0.667. The summed E-state index contributed by atoms with van der Waals surface area (Å²) >= 11 is 0. The van der Waals surface area contributed by atoms with Crippen LogP contribution in [0.15, 0.2) is 29.3 Å². The van der Waals surface area contributed by atoms with Gasteiger partial charge in [0.15, 0.2) is 15.8 Å². The molecule has 1 fully saturated rings. The van der Waals surface area contributed by atoms with Crippen molar-refractivity contribution in [2.24, 2.45) is 10.9 Å². The molecule has 0 aromatic heterocycles. The van der Waals surface area contributed by atoms with E-state index in [0.717, 1.165) is 56.4 Å². The molecule has 0 amide bonds. The van der Waals surface area contributed by atoms with E-state index in [1.807, 2.05) is 24.3 Å². The Morgan fingerprint density at radius 1 is 1.14 bits per heavy atom. The van der Waals surface area contributed by atoms with Gasteiger partial charge in [0.05, 0.1) is 19.0 Å². The van der Waals surface area contributed by atoms with Gasteiger partial charge in [-0.3, -0.25) is 9.89 Å². The Balaban J connectivity index is 1.85. The van der Waals surface area contributed by atoms with E-state index in [2.05, 4.69) is 34.4 Å². The summed E-state index contributed by atoms with van der Waals surface area (Å²) in [4.78, 5) is 6.84. The predicted octanol–water partition coefficient (Wildman–Crippen LogP) is 1.64. The van der Waals surface area contributed by atoms with Crippen molar-refractivity contribution in [3.8, 4) is 0 Å². The minimum absolute atomic E-state index is 0.0721. The van der Waals surface area contributed by atoms with E-state index in [9.17, 15) is 8.42 Å². The van der Waals surface area contributed by atoms with Crippen LogP contribution in [0.1, 0.15) is 31.4 Å². The van der Waals surface area contributed by atoms with Crippen LogP contribution in [0.3, 0.4) is 0 Å². The summed E-state index contributed by atoms with van der Waals surface area (Å²) in [6, 6.07) is 8.09. The maximum Gasteiger partial charge on any atom is 0.191 e. The molecule has 164 valence electrons. The number of ether oxygens (including phenoxy) is 1. The third-order valence-corrected chi connectivity index (χ3v) is 5.80. The van der Waals surface area contributed by atoms with Crippen molar-refractivity contribution in [1.29, 1.82) is 0 Å². The summed E-state index contributed by atoms with van der Waals surface area (Å²) < 4.78 is 28.3. The second kappa shape index (κ2) is 11.5. The second-order valence-corrected chi connectivity index (χ2v) is 10.3. The molecule has 2 N–H and O–H groups in total. The van der Waals surface area contributed by atoms with Crippen LogP contribution < -0.4 is 10.6 Å². The molecule has 1 aliphatic heterocycles. The number of hydrogen-bond acceptors (Lipinski definition) is 5. The Kier molecular flexibility index (Phi) is 9.39. The Labute approximate surface area is 175 Å². The quantitative estimate of drug-likeness (QED) is 0.463. The summed E-state index contributed by atoms with van der Waals surface area (Å²) in [5.41, 5.74) is 1.89. The van der Waals surface area contributed by atoms with Gasteiger partial charge in [0.2, 0.25) is 0 Å². The van der Waals surface area contributed by atoms with Gasteiger partial charge in [-0.15, -0.1) is 0 Å². The van der Waals surface area contributed by atoms with Gasteiger partial charge in [0.1, 0.15) is 0 Å². The van der Waals surface area contributed by atoms with Crippen LogP contribution in [0.25, 0.3) is 0 Å². The molecule has 0 aliphatic carbocycles. The largest absolute Gasteiger partial charge is 0.379 e. The lowest BCUT2D eigenvalue weighted by Crippen LogP contribution is -2.50. The van der Waals surface area contributed by atoms with Gasteiger partial charge >= 0.3 is 0 Å². The molecule has 1 saturated heterocycles. The van der Waals surface area contributed by atoms with Gasteiger partial charge in [0, 0.05) is 45.5 Å². The molecular formula is C21H36N4O3S. The molecule has 2 rings (SSSR count). The van der Waals surface area contributed by atoms with Crippen molar-refractivity contribution in [3.63, 3.8) is 0 Å². The molecule has 1 aromatic rings. The molecule has 1 aromatic carbocycles. The van der Waals surface area contributed by atoms with Crippen LogP contribution >= 0.6 is 0 Å². The van der Waals surface area contributed by atoms with Gasteiger partial charge in [-0.1, -0.05) is 38.1 Å². The highest BCUT2D eigenvalue weighted by molar-refractivity contribution is 7.89. The number of nitrogens with zero attached hydrogens (tertiary/aromatic N) is 2. The average Bonchev–Trinajstić information content (AvgIpc) is 2.67. The lowest BCUT2D eigenvalue weighted by atomic mass is 10.0. The smallest absolute Gasteiger partial charge is 0.191 e. The van der Waals surface area contributed by atoms with E-state index in [-0.39, 0.29) is 5.75 Å². The fourth-order valence-corrected chi connectivity index (χ4v) is 4.32. The van der Waals surface area contributed by atoms with Gasteiger partial charge in [-0.2, -0.15) is 0 Å². The number of sulfone groups is 1. The monoisotopic (exact) mass is 424 g/mol. The number of hydrogen-bond donors (Lipinski definition) is 2. The van der Waals surface area contributed by atoms with Crippen molar-refractivity contribution in [2.75, 3.05) is 46.2 Å². The standard InChI is InChI=1S/C21H36N4O3S/c1-17(2)13-20(25-9-11-28-12-10-25)15-24-21(22-3)23-14-18-5-7-19(8-6-18)16-29(4,26)27/h5-8,17,20H,9-16H2,1-4H3,(H2,22,23,24). The normalized spacial score (nSPS) is 17.3. The number of benzene rings is 1. The molecule has 7 nitrogen and oxygen atoms in total. The first-order chi connectivity index (χ1) is 13.8. The maximum absolute atomic E-state index is 11.4. The average molecular weight is 425 g/mol. The van der Waals surface area contributed by atoms with Crippen molar-refractivity contribution < 1.29 is 13.2 Å². The first-order valence-corrected chi connectivity index (χ1v) is 12.3. The summed E-state index contributed by atoms with van der Waals surface area (Å²) in [6.07, 6.45) is 2.38. The summed E-state index contributed by atoms with van der Waals surface area (Å²) in [6.45, 7) is 9.54. The lowest BCUT2D eigenvalue weighted by molar-refractivity contribution is 0.0132. The number of aliphatic imine (C=N–C) groups is 1. The van der Waals surface area contributed by atoms with Gasteiger partial charge in [0.25, 0.3) is 0 Å². The maximum atomic E-state index is 11.4. The molecule has 0 bridgehead atoms. The van der Waals surface area contributed by atoms with Crippen LogP contribution in [-0.2, 0) is 26.9 Å². The highest BCUT2D eigenvalue weighted by atomic mass is 32.2. The first kappa shape index (κ1) is 23.6. The zero-order chi connectivity index (χ0) is 21.3. The Morgan fingerprint density at radius 3 is 2.31 bits per heavy atom. The molecule has 1 unspecified atom stereocenters. The Bertz CT molecular complexity index is 742. The molecule has 0 radical (unpaired) electrons. The van der Waals surface area contributed by atoms with E-state index >= 15 is 0 Å². The second-order valence-electron chi connectivity index (χ2n) is 8.12. The van der Waals surface area contributed by atoms with Crippen molar-refractivity contribution in [3.05, 3.63) is 35.4 Å². The molecule has 1 aliphatic rings. The highest BCUT2D eigenvalue weighted by Crippen LogP contribution is 2.13. The lowest BCUT2D eigenvalue weighted by Gasteiger charge is -2.35. The minimum Gasteiger partial charge on any atom is -0.379 e. The SMILES string of the molecule is CN=C(NCc1ccc(CS(C)(=O)=O)cc1)NCC(CC(C)C)N1CCOCC1. The molecule has 8 heteroatoms. The molecule has 0 spiro atoms. The van der Waals surface area contributed by atoms with Crippen LogP contribution in [0.2, 0.25) is 0 Å². The van der Waals surface area contributed by atoms with Crippen molar-refractivity contribution >= 4 is 15.8 Å². The summed E-state index contributed by atoms with van der Waals surface area (Å²) in [5.74, 6) is 1.47. The molecule has 0 saturated carbocycles. The van der Waals surface area contributed by atoms with E-state index < -0.39 is 9.84 Å². The van der Waals surface area contributed by atoms with E-state index in [1.165, 1.54) is 6.26 Å². The number of nitrogens with one attached hydrogen (secondary N) is 2. The first-order valence-electron chi connectivity index (χ1n) is 10.3. The zero-order valence-electron chi connectivity index (χ0n) is 18.1. The Hall–Kier alpha value is -1.64. The highest BCUT2D eigenvalue weighted by Gasteiger charge is 2.22. The van der Waals surface area contributed by atoms with Crippen LogP contribution in [-0.4, -0.2) is 71.5 Å². The van der Waals surface area contributed by atoms with Crippen LogP contribution in [0.4, 0.5) is 0 Å². The van der Waals surface area contributed by atoms with Gasteiger partial charge < -0.3 is 15.4 Å².